The van der Waals surface area contributed by atoms with Crippen LogP contribution >= 0.6 is 11.6 Å². The normalized spacial score (nSPS) is 18.1. The van der Waals surface area contributed by atoms with Crippen molar-refractivity contribution in [1.82, 2.24) is 4.98 Å². The molecule has 28 heavy (non-hydrogen) atoms. The molecule has 0 fully saturated rings. The number of halogens is 1. The van der Waals surface area contributed by atoms with Gasteiger partial charge in [-0.15, -0.1) is 0 Å². The number of aromatic nitrogens is 1. The predicted octanol–water partition coefficient (Wildman–Crippen LogP) is 3.84. The van der Waals surface area contributed by atoms with Crippen LogP contribution in [0.25, 0.3) is 0 Å². The third-order valence-electron chi connectivity index (χ3n) is 4.84. The fraction of sp³-hybridized carbons (Fsp3) is 0.0952. The molecule has 2 aromatic carbocycles. The fourth-order valence-corrected chi connectivity index (χ4v) is 3.60. The molecule has 1 atom stereocenters. The van der Waals surface area contributed by atoms with Crippen LogP contribution in [0.5, 0.6) is 0 Å². The zero-order valence-corrected chi connectivity index (χ0v) is 15.8. The lowest BCUT2D eigenvalue weighted by molar-refractivity contribution is -0.121. The first-order valence-corrected chi connectivity index (χ1v) is 9.00. The van der Waals surface area contributed by atoms with Crippen LogP contribution in [0.3, 0.4) is 0 Å². The van der Waals surface area contributed by atoms with Crippen LogP contribution in [-0.4, -0.2) is 16.8 Å². The first-order chi connectivity index (χ1) is 13.4. The molecule has 0 saturated carbocycles. The molecule has 0 bridgehead atoms. The Balaban J connectivity index is 1.76. The summed E-state index contributed by atoms with van der Waals surface area (Å²) >= 11 is 6.14. The molecule has 140 valence electrons. The number of hydrogen-bond acceptors (Lipinski definition) is 4. The number of nitrogens with zero attached hydrogens (tertiary/aromatic N) is 2. The molecule has 1 aliphatic heterocycles. The number of benzene rings is 2. The monoisotopic (exact) mass is 392 g/mol. The standard InChI is InChI=1S/C21H17ClN4O2/c1-21(25-15-7-5-13(6-8-15)19(23)27)17-12-24-10-9-18(17)26(20(21)28)16-4-2-3-14(22)11-16/h2-12,25H,1H3,(H2,23,27). The molecule has 4 rings (SSSR count). The summed E-state index contributed by atoms with van der Waals surface area (Å²) in [7, 11) is 0. The number of carbonyl (C=O) groups excluding carboxylic acids is 2. The van der Waals surface area contributed by atoms with Gasteiger partial charge >= 0.3 is 0 Å². The molecule has 0 spiro atoms. The lowest BCUT2D eigenvalue weighted by atomic mass is 9.94. The average molecular weight is 393 g/mol. The van der Waals surface area contributed by atoms with Crippen molar-refractivity contribution in [2.45, 2.75) is 12.5 Å². The predicted molar refractivity (Wildman–Crippen MR) is 109 cm³/mol. The van der Waals surface area contributed by atoms with Crippen molar-refractivity contribution >= 4 is 40.5 Å². The summed E-state index contributed by atoms with van der Waals surface area (Å²) in [6.45, 7) is 1.81. The Morgan fingerprint density at radius 2 is 1.93 bits per heavy atom. The van der Waals surface area contributed by atoms with E-state index < -0.39 is 11.4 Å². The zero-order chi connectivity index (χ0) is 19.9. The topological polar surface area (TPSA) is 88.3 Å². The Morgan fingerprint density at radius 3 is 2.61 bits per heavy atom. The first-order valence-electron chi connectivity index (χ1n) is 8.63. The molecule has 2 heterocycles. The minimum atomic E-state index is -1.04. The van der Waals surface area contributed by atoms with E-state index in [4.69, 9.17) is 17.3 Å². The summed E-state index contributed by atoms with van der Waals surface area (Å²) in [5, 5.41) is 3.83. The number of anilines is 3. The van der Waals surface area contributed by atoms with Crippen molar-refractivity contribution in [2.75, 3.05) is 10.2 Å². The number of nitrogens with two attached hydrogens (primary N) is 1. The largest absolute Gasteiger partial charge is 0.368 e. The van der Waals surface area contributed by atoms with Gasteiger partial charge < -0.3 is 11.1 Å². The minimum Gasteiger partial charge on any atom is -0.368 e. The second-order valence-corrected chi connectivity index (χ2v) is 7.14. The third-order valence-corrected chi connectivity index (χ3v) is 5.07. The highest BCUT2D eigenvalue weighted by atomic mass is 35.5. The van der Waals surface area contributed by atoms with E-state index in [9.17, 15) is 9.59 Å². The Morgan fingerprint density at radius 1 is 1.18 bits per heavy atom. The van der Waals surface area contributed by atoms with Crippen LogP contribution in [0.4, 0.5) is 17.1 Å². The molecule has 0 saturated heterocycles. The van der Waals surface area contributed by atoms with Gasteiger partial charge in [-0.25, -0.2) is 0 Å². The van der Waals surface area contributed by atoms with Crippen LogP contribution in [-0.2, 0) is 10.3 Å². The van der Waals surface area contributed by atoms with Crippen LogP contribution in [0.15, 0.2) is 67.0 Å². The van der Waals surface area contributed by atoms with Gasteiger partial charge in [-0.2, -0.15) is 0 Å². The van der Waals surface area contributed by atoms with Gasteiger partial charge in [-0.05, 0) is 55.5 Å². The second kappa shape index (κ2) is 6.65. The number of rotatable bonds is 4. The smallest absolute Gasteiger partial charge is 0.261 e. The number of primary amides is 1. The van der Waals surface area contributed by atoms with Crippen molar-refractivity contribution in [2.24, 2.45) is 5.73 Å². The second-order valence-electron chi connectivity index (χ2n) is 6.70. The first kappa shape index (κ1) is 18.0. The summed E-state index contributed by atoms with van der Waals surface area (Å²) in [4.78, 5) is 30.6. The van der Waals surface area contributed by atoms with Gasteiger partial charge in [-0.3, -0.25) is 19.5 Å². The van der Waals surface area contributed by atoms with Crippen LogP contribution < -0.4 is 16.0 Å². The number of hydrogen-bond donors (Lipinski definition) is 2. The van der Waals surface area contributed by atoms with Crippen LogP contribution in [0, 0.1) is 0 Å². The van der Waals surface area contributed by atoms with Crippen LogP contribution in [0.2, 0.25) is 5.02 Å². The Labute approximate surface area is 166 Å². The lowest BCUT2D eigenvalue weighted by Crippen LogP contribution is -2.42. The Hall–Kier alpha value is -3.38. The van der Waals surface area contributed by atoms with E-state index in [-0.39, 0.29) is 5.91 Å². The highest BCUT2D eigenvalue weighted by Gasteiger charge is 2.48. The SMILES string of the molecule is CC1(Nc2ccc(C(N)=O)cc2)C(=O)N(c2cccc(Cl)c2)c2ccncc21. The van der Waals surface area contributed by atoms with E-state index >= 15 is 0 Å². The average Bonchev–Trinajstić information content (AvgIpc) is 2.90. The maximum absolute atomic E-state index is 13.5. The summed E-state index contributed by atoms with van der Waals surface area (Å²) in [5.41, 5.74) is 7.51. The quantitative estimate of drug-likeness (QED) is 0.706. The van der Waals surface area contributed by atoms with E-state index in [2.05, 4.69) is 10.3 Å². The summed E-state index contributed by atoms with van der Waals surface area (Å²) in [5.74, 6) is -0.659. The molecular formula is C21H17ClN4O2. The van der Waals surface area contributed by atoms with E-state index in [1.165, 1.54) is 0 Å². The fourth-order valence-electron chi connectivity index (χ4n) is 3.41. The van der Waals surface area contributed by atoms with Gasteiger partial charge in [0.15, 0.2) is 0 Å². The van der Waals surface area contributed by atoms with E-state index in [0.29, 0.717) is 22.0 Å². The number of fused-ring (bicyclic) bond motifs is 1. The summed E-state index contributed by atoms with van der Waals surface area (Å²) in [6.07, 6.45) is 3.33. The molecule has 3 N–H and O–H groups in total. The van der Waals surface area contributed by atoms with Crippen molar-refractivity contribution in [3.8, 4) is 0 Å². The maximum atomic E-state index is 13.5. The number of nitrogens with one attached hydrogen (secondary N) is 1. The van der Waals surface area contributed by atoms with Crippen molar-refractivity contribution in [1.29, 1.82) is 0 Å². The van der Waals surface area contributed by atoms with E-state index in [1.54, 1.807) is 65.8 Å². The molecule has 2 amide bonds. The van der Waals surface area contributed by atoms with Gasteiger partial charge in [-0.1, -0.05) is 17.7 Å². The molecule has 7 heteroatoms. The molecule has 0 aliphatic carbocycles. The van der Waals surface area contributed by atoms with Gasteiger partial charge in [0.2, 0.25) is 5.91 Å². The molecular weight excluding hydrogens is 376 g/mol. The third kappa shape index (κ3) is 2.88. The lowest BCUT2D eigenvalue weighted by Gasteiger charge is -2.27. The van der Waals surface area contributed by atoms with Gasteiger partial charge in [0.05, 0.1) is 11.4 Å². The number of carbonyl (C=O) groups is 2. The summed E-state index contributed by atoms with van der Waals surface area (Å²) < 4.78 is 0. The highest BCUT2D eigenvalue weighted by molar-refractivity contribution is 6.31. The van der Waals surface area contributed by atoms with Crippen molar-refractivity contribution in [3.63, 3.8) is 0 Å². The maximum Gasteiger partial charge on any atom is 0.261 e. The van der Waals surface area contributed by atoms with Crippen molar-refractivity contribution < 1.29 is 9.59 Å². The number of pyridine rings is 1. The van der Waals surface area contributed by atoms with E-state index in [0.717, 1.165) is 11.3 Å². The molecule has 1 aliphatic rings. The molecule has 1 aromatic heterocycles. The zero-order valence-electron chi connectivity index (χ0n) is 15.0. The highest BCUT2D eigenvalue weighted by Crippen LogP contribution is 2.45. The summed E-state index contributed by atoms with van der Waals surface area (Å²) in [6, 6.07) is 15.6. The Bertz CT molecular complexity index is 1080. The van der Waals surface area contributed by atoms with Gasteiger partial charge in [0.25, 0.3) is 5.91 Å². The minimum absolute atomic E-state index is 0.156. The van der Waals surface area contributed by atoms with Crippen molar-refractivity contribution in [3.05, 3.63) is 83.1 Å². The molecule has 1 unspecified atom stereocenters. The van der Waals surface area contributed by atoms with Gasteiger partial charge in [0, 0.05) is 34.2 Å². The molecule has 6 nitrogen and oxygen atoms in total. The van der Waals surface area contributed by atoms with E-state index in [1.807, 2.05) is 13.0 Å². The number of amides is 2. The molecule has 0 radical (unpaired) electrons. The van der Waals surface area contributed by atoms with Crippen LogP contribution in [0.1, 0.15) is 22.8 Å². The van der Waals surface area contributed by atoms with Gasteiger partial charge in [0.1, 0.15) is 5.54 Å². The Kier molecular flexibility index (Phi) is 4.28. The molecule has 3 aromatic rings.